The van der Waals surface area contributed by atoms with E-state index in [0.29, 0.717) is 38.5 Å². The zero-order valence-electron chi connectivity index (χ0n) is 14.4. The van der Waals surface area contributed by atoms with Gasteiger partial charge in [-0.1, -0.05) is 17.3 Å². The highest BCUT2D eigenvalue weighted by atomic mass is 16.2. The summed E-state index contributed by atoms with van der Waals surface area (Å²) >= 11 is 0. The van der Waals surface area contributed by atoms with Gasteiger partial charge in [0.05, 0.1) is 12.1 Å². The Morgan fingerprint density at radius 3 is 2.76 bits per heavy atom. The molecule has 25 heavy (non-hydrogen) atoms. The van der Waals surface area contributed by atoms with Gasteiger partial charge in [-0.2, -0.15) is 0 Å². The number of rotatable bonds is 5. The summed E-state index contributed by atoms with van der Waals surface area (Å²) in [6, 6.07) is 7.71. The number of fused-ring (bicyclic) bond motifs is 1. The van der Waals surface area contributed by atoms with Crippen molar-refractivity contribution >= 4 is 23.0 Å². The topological polar surface area (TPSA) is 92.2 Å². The fourth-order valence-electron chi connectivity index (χ4n) is 3.17. The molecule has 0 unspecified atom stereocenters. The monoisotopic (exact) mass is 344 g/mol. The van der Waals surface area contributed by atoms with Crippen molar-refractivity contribution in [2.75, 3.05) is 26.7 Å². The Balaban J connectivity index is 1.42. The van der Waals surface area contributed by atoms with Crippen LogP contribution in [0.3, 0.4) is 0 Å². The third-order valence-electron chi connectivity index (χ3n) is 4.67. The molecule has 0 atom stereocenters. The molecule has 3 amide bonds. The number of carbonyl (C=O) groups is 2. The number of aromatic nitrogens is 3. The maximum absolute atomic E-state index is 12.3. The molecule has 0 spiro atoms. The fourth-order valence-corrected chi connectivity index (χ4v) is 3.17. The van der Waals surface area contributed by atoms with E-state index in [9.17, 15) is 9.59 Å². The quantitative estimate of drug-likeness (QED) is 0.846. The number of piperidine rings is 1. The molecule has 1 aliphatic heterocycles. The predicted octanol–water partition coefficient (Wildman–Crippen LogP) is 0.989. The molecule has 134 valence electrons. The Labute approximate surface area is 146 Å². The molecule has 3 rings (SSSR count). The number of nitrogens with one attached hydrogen (secondary N) is 2. The number of urea groups is 1. The normalized spacial score (nSPS) is 15.3. The highest BCUT2D eigenvalue weighted by molar-refractivity contribution is 5.76. The van der Waals surface area contributed by atoms with Gasteiger partial charge in [0.25, 0.3) is 0 Å². The van der Waals surface area contributed by atoms with E-state index in [4.69, 9.17) is 0 Å². The summed E-state index contributed by atoms with van der Waals surface area (Å²) in [4.78, 5) is 25.5. The van der Waals surface area contributed by atoms with E-state index in [0.717, 1.165) is 23.9 Å². The molecule has 0 saturated carbocycles. The molecule has 1 aromatic heterocycles. The number of hydrogen-bond acceptors (Lipinski definition) is 4. The van der Waals surface area contributed by atoms with Crippen LogP contribution in [0.1, 0.15) is 19.3 Å². The van der Waals surface area contributed by atoms with Gasteiger partial charge in [0.15, 0.2) is 0 Å². The van der Waals surface area contributed by atoms with Gasteiger partial charge >= 0.3 is 6.03 Å². The van der Waals surface area contributed by atoms with E-state index < -0.39 is 0 Å². The molecule has 8 heteroatoms. The number of likely N-dealkylation sites (tertiary alicyclic amines) is 1. The van der Waals surface area contributed by atoms with Crippen molar-refractivity contribution in [3.8, 4) is 0 Å². The first-order chi connectivity index (χ1) is 12.2. The van der Waals surface area contributed by atoms with Crippen LogP contribution < -0.4 is 10.6 Å². The van der Waals surface area contributed by atoms with Gasteiger partial charge in [-0.05, 0) is 30.9 Å². The van der Waals surface area contributed by atoms with Crippen LogP contribution in [0.25, 0.3) is 11.0 Å². The molecule has 2 N–H and O–H groups in total. The Morgan fingerprint density at radius 1 is 1.24 bits per heavy atom. The zero-order chi connectivity index (χ0) is 17.6. The van der Waals surface area contributed by atoms with Crippen LogP contribution in [0.5, 0.6) is 0 Å². The lowest BCUT2D eigenvalue weighted by Crippen LogP contribution is -2.45. The summed E-state index contributed by atoms with van der Waals surface area (Å²) in [5, 5.41) is 13.8. The maximum Gasteiger partial charge on any atom is 0.317 e. The number of hydrogen-bond donors (Lipinski definition) is 2. The standard InChI is InChI=1S/C17H24N6O2/c1-18-16(24)12-13-6-9-22(10-7-13)17(25)19-8-11-23-15-5-3-2-4-14(15)20-21-23/h2-5,13H,6-12H2,1H3,(H,18,24)(H,19,25). The number of carbonyl (C=O) groups excluding carboxylic acids is 2. The predicted molar refractivity (Wildman–Crippen MR) is 93.9 cm³/mol. The minimum atomic E-state index is -0.0530. The minimum absolute atomic E-state index is 0.0530. The maximum atomic E-state index is 12.3. The molecule has 2 aromatic rings. The number of amides is 3. The average molecular weight is 344 g/mol. The van der Waals surface area contributed by atoms with Gasteiger partial charge in [0, 0.05) is 33.1 Å². The molecular weight excluding hydrogens is 320 g/mol. The van der Waals surface area contributed by atoms with Gasteiger partial charge in [0.2, 0.25) is 5.91 Å². The molecule has 8 nitrogen and oxygen atoms in total. The number of nitrogens with zero attached hydrogens (tertiary/aromatic N) is 4. The van der Waals surface area contributed by atoms with Crippen LogP contribution in [-0.4, -0.2) is 58.5 Å². The summed E-state index contributed by atoms with van der Waals surface area (Å²) in [5.41, 5.74) is 1.82. The van der Waals surface area contributed by atoms with Crippen molar-refractivity contribution in [3.05, 3.63) is 24.3 Å². The SMILES string of the molecule is CNC(=O)CC1CCN(C(=O)NCCn2nnc3ccccc32)CC1. The lowest BCUT2D eigenvalue weighted by atomic mass is 9.93. The van der Waals surface area contributed by atoms with E-state index in [2.05, 4.69) is 20.9 Å². The van der Waals surface area contributed by atoms with E-state index in [1.807, 2.05) is 29.2 Å². The van der Waals surface area contributed by atoms with Crippen molar-refractivity contribution < 1.29 is 9.59 Å². The minimum Gasteiger partial charge on any atom is -0.359 e. The molecule has 0 bridgehead atoms. The number of para-hydroxylation sites is 1. The van der Waals surface area contributed by atoms with Crippen molar-refractivity contribution in [1.82, 2.24) is 30.5 Å². The van der Waals surface area contributed by atoms with Crippen molar-refractivity contribution in [3.63, 3.8) is 0 Å². The van der Waals surface area contributed by atoms with Gasteiger partial charge in [-0.25, -0.2) is 9.48 Å². The Kier molecular flexibility index (Phi) is 5.47. The third-order valence-corrected chi connectivity index (χ3v) is 4.67. The van der Waals surface area contributed by atoms with Gasteiger partial charge in [-0.3, -0.25) is 4.79 Å². The number of benzene rings is 1. The Hall–Kier alpha value is -2.64. The van der Waals surface area contributed by atoms with Crippen molar-refractivity contribution in [2.45, 2.75) is 25.8 Å². The molecule has 1 aliphatic rings. The highest BCUT2D eigenvalue weighted by Gasteiger charge is 2.23. The van der Waals surface area contributed by atoms with Crippen molar-refractivity contribution in [1.29, 1.82) is 0 Å². The second-order valence-electron chi connectivity index (χ2n) is 6.34. The van der Waals surface area contributed by atoms with E-state index in [1.165, 1.54) is 0 Å². The summed E-state index contributed by atoms with van der Waals surface area (Å²) < 4.78 is 1.80. The second kappa shape index (κ2) is 7.96. The third kappa shape index (κ3) is 4.26. The Morgan fingerprint density at radius 2 is 2.00 bits per heavy atom. The Bertz CT molecular complexity index is 736. The molecular formula is C17H24N6O2. The van der Waals surface area contributed by atoms with E-state index in [1.54, 1.807) is 11.7 Å². The van der Waals surface area contributed by atoms with Crippen LogP contribution in [0.4, 0.5) is 4.79 Å². The lowest BCUT2D eigenvalue weighted by Gasteiger charge is -2.31. The summed E-state index contributed by atoms with van der Waals surface area (Å²) in [6.07, 6.45) is 2.29. The summed E-state index contributed by atoms with van der Waals surface area (Å²) in [7, 11) is 1.66. The fraction of sp³-hybridized carbons (Fsp3) is 0.529. The van der Waals surface area contributed by atoms with Crippen LogP contribution in [0.15, 0.2) is 24.3 Å². The second-order valence-corrected chi connectivity index (χ2v) is 6.34. The highest BCUT2D eigenvalue weighted by Crippen LogP contribution is 2.20. The summed E-state index contributed by atoms with van der Waals surface area (Å²) in [5.74, 6) is 0.438. The summed E-state index contributed by atoms with van der Waals surface area (Å²) in [6.45, 7) is 2.48. The first-order valence-electron chi connectivity index (χ1n) is 8.69. The molecule has 1 aromatic carbocycles. The van der Waals surface area contributed by atoms with E-state index in [-0.39, 0.29) is 11.9 Å². The smallest absolute Gasteiger partial charge is 0.317 e. The first kappa shape index (κ1) is 17.2. The van der Waals surface area contributed by atoms with E-state index >= 15 is 0 Å². The van der Waals surface area contributed by atoms with Crippen molar-refractivity contribution in [2.24, 2.45) is 5.92 Å². The molecule has 0 aliphatic carbocycles. The lowest BCUT2D eigenvalue weighted by molar-refractivity contribution is -0.121. The van der Waals surface area contributed by atoms with Gasteiger partial charge < -0.3 is 15.5 Å². The molecule has 1 fully saturated rings. The van der Waals surface area contributed by atoms with Crippen LogP contribution >= 0.6 is 0 Å². The molecule has 2 heterocycles. The first-order valence-corrected chi connectivity index (χ1v) is 8.69. The zero-order valence-corrected chi connectivity index (χ0v) is 14.4. The van der Waals surface area contributed by atoms with Crippen LogP contribution in [0, 0.1) is 5.92 Å². The average Bonchev–Trinajstić information content (AvgIpc) is 3.05. The van der Waals surface area contributed by atoms with Gasteiger partial charge in [0.1, 0.15) is 5.52 Å². The van der Waals surface area contributed by atoms with Gasteiger partial charge in [-0.15, -0.1) is 5.10 Å². The largest absolute Gasteiger partial charge is 0.359 e. The molecule has 1 saturated heterocycles. The van der Waals surface area contributed by atoms with Crippen LogP contribution in [-0.2, 0) is 11.3 Å². The molecule has 0 radical (unpaired) electrons. The van der Waals surface area contributed by atoms with Crippen LogP contribution in [0.2, 0.25) is 0 Å².